The summed E-state index contributed by atoms with van der Waals surface area (Å²) in [4.78, 5) is 18.5. The van der Waals surface area contributed by atoms with E-state index in [4.69, 9.17) is 0 Å². The third kappa shape index (κ3) is 3.22. The van der Waals surface area contributed by atoms with E-state index in [1.807, 2.05) is 7.05 Å². The van der Waals surface area contributed by atoms with Crippen molar-refractivity contribution in [2.45, 2.75) is 25.4 Å². The first-order valence-corrected chi connectivity index (χ1v) is 7.74. The highest BCUT2D eigenvalue weighted by molar-refractivity contribution is 5.36. The topological polar surface area (TPSA) is 55.1 Å². The van der Waals surface area contributed by atoms with E-state index in [9.17, 15) is 4.79 Å². The van der Waals surface area contributed by atoms with E-state index in [2.05, 4.69) is 38.2 Å². The van der Waals surface area contributed by atoms with Gasteiger partial charge in [0.05, 0.1) is 0 Å². The number of aromatic nitrogens is 3. The minimum absolute atomic E-state index is 0.0156. The van der Waals surface area contributed by atoms with Crippen molar-refractivity contribution in [2.75, 3.05) is 18.0 Å². The molecule has 1 fully saturated rings. The molecule has 0 radical (unpaired) electrons. The van der Waals surface area contributed by atoms with Gasteiger partial charge in [0, 0.05) is 64.6 Å². The zero-order valence-corrected chi connectivity index (χ0v) is 13.2. The van der Waals surface area contributed by atoms with Gasteiger partial charge in [0.2, 0.25) is 0 Å². The summed E-state index contributed by atoms with van der Waals surface area (Å²) < 4.78 is 3.65. The lowest BCUT2D eigenvalue weighted by atomic mass is 10.0. The SMILES string of the molecule is Cn1ccc(CNC2CCN(c3nccn(C)c3=O)CC2)c1. The van der Waals surface area contributed by atoms with Crippen LogP contribution in [0.1, 0.15) is 18.4 Å². The summed E-state index contributed by atoms with van der Waals surface area (Å²) >= 11 is 0. The average molecular weight is 301 g/mol. The normalized spacial score (nSPS) is 16.2. The van der Waals surface area contributed by atoms with Crippen molar-refractivity contribution in [2.24, 2.45) is 14.1 Å². The largest absolute Gasteiger partial charge is 0.357 e. The van der Waals surface area contributed by atoms with Gasteiger partial charge in [-0.25, -0.2) is 4.98 Å². The Labute approximate surface area is 130 Å². The van der Waals surface area contributed by atoms with Crippen molar-refractivity contribution >= 4 is 5.82 Å². The van der Waals surface area contributed by atoms with Crippen molar-refractivity contribution in [3.8, 4) is 0 Å². The Hall–Kier alpha value is -2.08. The predicted molar refractivity (Wildman–Crippen MR) is 87.0 cm³/mol. The molecule has 3 heterocycles. The van der Waals surface area contributed by atoms with Crippen LogP contribution in [0, 0.1) is 0 Å². The lowest BCUT2D eigenvalue weighted by Crippen LogP contribution is -2.44. The number of hydrogen-bond donors (Lipinski definition) is 1. The molecule has 1 aliphatic heterocycles. The zero-order valence-electron chi connectivity index (χ0n) is 13.2. The molecule has 0 aromatic carbocycles. The van der Waals surface area contributed by atoms with Crippen LogP contribution in [0.25, 0.3) is 0 Å². The molecule has 0 saturated carbocycles. The van der Waals surface area contributed by atoms with Crippen LogP contribution in [-0.4, -0.2) is 33.2 Å². The third-order valence-corrected chi connectivity index (χ3v) is 4.28. The summed E-state index contributed by atoms with van der Waals surface area (Å²) in [7, 11) is 3.80. The summed E-state index contributed by atoms with van der Waals surface area (Å²) in [5, 5.41) is 3.61. The summed E-state index contributed by atoms with van der Waals surface area (Å²) in [5.74, 6) is 0.575. The van der Waals surface area contributed by atoms with Crippen LogP contribution in [0.2, 0.25) is 0 Å². The van der Waals surface area contributed by atoms with Crippen LogP contribution < -0.4 is 15.8 Å². The lowest BCUT2D eigenvalue weighted by molar-refractivity contribution is 0.412. The molecule has 6 nitrogen and oxygen atoms in total. The van der Waals surface area contributed by atoms with Crippen molar-refractivity contribution in [1.82, 2.24) is 19.4 Å². The van der Waals surface area contributed by atoms with Crippen LogP contribution in [0.5, 0.6) is 0 Å². The average Bonchev–Trinajstić information content (AvgIpc) is 2.94. The first kappa shape index (κ1) is 14.8. The third-order valence-electron chi connectivity index (χ3n) is 4.28. The van der Waals surface area contributed by atoms with Gasteiger partial charge in [0.15, 0.2) is 5.82 Å². The highest BCUT2D eigenvalue weighted by atomic mass is 16.1. The molecular weight excluding hydrogens is 278 g/mol. The number of rotatable bonds is 4. The molecule has 1 aliphatic rings. The molecule has 1 saturated heterocycles. The Morgan fingerprint density at radius 3 is 2.73 bits per heavy atom. The highest BCUT2D eigenvalue weighted by Gasteiger charge is 2.21. The first-order valence-electron chi connectivity index (χ1n) is 7.74. The molecule has 0 aliphatic carbocycles. The van der Waals surface area contributed by atoms with E-state index >= 15 is 0 Å². The Morgan fingerprint density at radius 2 is 2.05 bits per heavy atom. The predicted octanol–water partition coefficient (Wildman–Crippen LogP) is 0.877. The van der Waals surface area contributed by atoms with E-state index in [0.717, 1.165) is 32.5 Å². The monoisotopic (exact) mass is 301 g/mol. The van der Waals surface area contributed by atoms with Crippen molar-refractivity contribution in [3.05, 3.63) is 46.8 Å². The maximum atomic E-state index is 12.1. The van der Waals surface area contributed by atoms with E-state index < -0.39 is 0 Å². The summed E-state index contributed by atoms with van der Waals surface area (Å²) in [6.07, 6.45) is 9.66. The molecule has 2 aromatic heterocycles. The fourth-order valence-corrected chi connectivity index (χ4v) is 2.92. The number of nitrogens with one attached hydrogen (secondary N) is 1. The smallest absolute Gasteiger partial charge is 0.293 e. The molecule has 6 heteroatoms. The van der Waals surface area contributed by atoms with Gasteiger partial charge >= 0.3 is 0 Å². The molecule has 0 unspecified atom stereocenters. The molecular formula is C16H23N5O. The minimum atomic E-state index is -0.0156. The van der Waals surface area contributed by atoms with Gasteiger partial charge in [-0.3, -0.25) is 4.79 Å². The molecule has 3 rings (SSSR count). The fourth-order valence-electron chi connectivity index (χ4n) is 2.92. The second-order valence-electron chi connectivity index (χ2n) is 5.99. The molecule has 0 bridgehead atoms. The molecule has 0 amide bonds. The van der Waals surface area contributed by atoms with Gasteiger partial charge in [-0.05, 0) is 24.5 Å². The zero-order chi connectivity index (χ0) is 15.5. The number of aryl methyl sites for hydroxylation is 2. The van der Waals surface area contributed by atoms with Crippen molar-refractivity contribution in [1.29, 1.82) is 0 Å². The molecule has 0 atom stereocenters. The Balaban J connectivity index is 1.54. The van der Waals surface area contributed by atoms with Gasteiger partial charge in [-0.15, -0.1) is 0 Å². The van der Waals surface area contributed by atoms with Crippen LogP contribution >= 0.6 is 0 Å². The van der Waals surface area contributed by atoms with Crippen molar-refractivity contribution < 1.29 is 0 Å². The van der Waals surface area contributed by atoms with Gasteiger partial charge in [-0.1, -0.05) is 0 Å². The van der Waals surface area contributed by atoms with Gasteiger partial charge in [0.1, 0.15) is 0 Å². The second kappa shape index (κ2) is 6.36. The number of piperidine rings is 1. The number of nitrogens with zero attached hydrogens (tertiary/aromatic N) is 4. The molecule has 118 valence electrons. The Bertz CT molecular complexity index is 682. The van der Waals surface area contributed by atoms with E-state index in [1.54, 1.807) is 24.0 Å². The van der Waals surface area contributed by atoms with Crippen molar-refractivity contribution in [3.63, 3.8) is 0 Å². The van der Waals surface area contributed by atoms with Gasteiger partial charge in [0.25, 0.3) is 5.56 Å². The van der Waals surface area contributed by atoms with Crippen LogP contribution in [0.3, 0.4) is 0 Å². The maximum absolute atomic E-state index is 12.1. The minimum Gasteiger partial charge on any atom is -0.357 e. The second-order valence-corrected chi connectivity index (χ2v) is 5.99. The van der Waals surface area contributed by atoms with E-state index in [-0.39, 0.29) is 5.56 Å². The quantitative estimate of drug-likeness (QED) is 0.911. The summed E-state index contributed by atoms with van der Waals surface area (Å²) in [6, 6.07) is 2.64. The van der Waals surface area contributed by atoms with Gasteiger partial charge in [-0.2, -0.15) is 0 Å². The lowest BCUT2D eigenvalue weighted by Gasteiger charge is -2.32. The molecule has 0 spiro atoms. The van der Waals surface area contributed by atoms with E-state index in [1.165, 1.54) is 5.56 Å². The summed E-state index contributed by atoms with van der Waals surface area (Å²) in [6.45, 7) is 2.65. The van der Waals surface area contributed by atoms with Crippen LogP contribution in [0.4, 0.5) is 5.82 Å². The Kier molecular flexibility index (Phi) is 4.29. The summed E-state index contributed by atoms with van der Waals surface area (Å²) in [5.41, 5.74) is 1.29. The van der Waals surface area contributed by atoms with Gasteiger partial charge < -0.3 is 19.4 Å². The Morgan fingerprint density at radius 1 is 1.27 bits per heavy atom. The van der Waals surface area contributed by atoms with Crippen LogP contribution in [0.15, 0.2) is 35.6 Å². The molecule has 1 N–H and O–H groups in total. The standard InChI is InChI=1S/C16H23N5O/c1-19-7-3-13(12-19)11-18-14-4-8-21(9-5-14)15-16(22)20(2)10-6-17-15/h3,6-7,10,12,14,18H,4-5,8-9,11H2,1-2H3. The number of anilines is 1. The number of hydrogen-bond acceptors (Lipinski definition) is 4. The first-order chi connectivity index (χ1) is 10.6. The fraction of sp³-hybridized carbons (Fsp3) is 0.500. The van der Waals surface area contributed by atoms with E-state index in [0.29, 0.717) is 11.9 Å². The van der Waals surface area contributed by atoms with Crippen LogP contribution in [-0.2, 0) is 20.6 Å². The highest BCUT2D eigenvalue weighted by Crippen LogP contribution is 2.15. The molecule has 2 aromatic rings. The maximum Gasteiger partial charge on any atom is 0.293 e. The molecule has 22 heavy (non-hydrogen) atoms.